The van der Waals surface area contributed by atoms with Gasteiger partial charge in [0, 0.05) is 0 Å². The van der Waals surface area contributed by atoms with Crippen LogP contribution in [0.2, 0.25) is 0 Å². The molecule has 0 unspecified atom stereocenters. The Morgan fingerprint density at radius 2 is 1.29 bits per heavy atom. The van der Waals surface area contributed by atoms with Crippen LogP contribution in [0.15, 0.2) is 0 Å². The van der Waals surface area contributed by atoms with Crippen LogP contribution in [-0.4, -0.2) is 77.1 Å². The molecule has 0 aliphatic carbocycles. The molecule has 0 spiro atoms. The Bertz CT molecular complexity index is 712. The van der Waals surface area contributed by atoms with Crippen molar-refractivity contribution >= 4 is 29.6 Å². The van der Waals surface area contributed by atoms with E-state index in [1.165, 1.54) is 0 Å². The second-order valence-corrected chi connectivity index (χ2v) is 9.52. The molecule has 0 aromatic heterocycles. The first kappa shape index (κ1) is 31.3. The lowest BCUT2D eigenvalue weighted by Crippen LogP contribution is -2.57. The molecule has 0 saturated heterocycles. The van der Waals surface area contributed by atoms with Gasteiger partial charge in [0.05, 0.1) is 19.2 Å². The molecule has 0 saturated carbocycles. The van der Waals surface area contributed by atoms with Gasteiger partial charge < -0.3 is 37.2 Å². The van der Waals surface area contributed by atoms with Gasteiger partial charge in [-0.1, -0.05) is 41.5 Å². The number of nitrogens with two attached hydrogens (primary N) is 1. The number of rotatable bonds is 15. The van der Waals surface area contributed by atoms with Crippen LogP contribution in [0.5, 0.6) is 0 Å². The Labute approximate surface area is 200 Å². The maximum Gasteiger partial charge on any atom is 0.326 e. The monoisotopic (exact) mass is 487 g/mol. The van der Waals surface area contributed by atoms with Gasteiger partial charge in [-0.3, -0.25) is 19.2 Å². The predicted molar refractivity (Wildman–Crippen MR) is 125 cm³/mol. The highest BCUT2D eigenvalue weighted by molar-refractivity contribution is 5.94. The number of amides is 4. The maximum atomic E-state index is 12.8. The van der Waals surface area contributed by atoms with Crippen molar-refractivity contribution < 1.29 is 34.2 Å². The van der Waals surface area contributed by atoms with E-state index in [4.69, 9.17) is 10.8 Å². The molecular formula is C22H41N5O7. The second-order valence-electron chi connectivity index (χ2n) is 9.52. The minimum Gasteiger partial charge on any atom is -0.480 e. The largest absolute Gasteiger partial charge is 0.480 e. The standard InChI is InChI=1S/C22H41N5O7/c1-11(2)7-14(23)19(30)25-15(8-12(3)4)21(32)26-16(10-28)20(31)24-9-17(29)27-18(13(5)6)22(33)34/h11-16,18,28H,7-10,23H2,1-6H3,(H,24,31)(H,25,30)(H,26,32)(H,27,29)(H,33,34)/t14-,15-,16-,18-/m0/s1. The Morgan fingerprint density at radius 1 is 0.765 bits per heavy atom. The van der Waals surface area contributed by atoms with Crippen LogP contribution in [0.25, 0.3) is 0 Å². The third-order valence-electron chi connectivity index (χ3n) is 4.89. The third kappa shape index (κ3) is 11.9. The Balaban J connectivity index is 5.06. The van der Waals surface area contributed by atoms with Crippen LogP contribution in [-0.2, 0) is 24.0 Å². The van der Waals surface area contributed by atoms with Gasteiger partial charge in [0.1, 0.15) is 18.1 Å². The number of hydrogen-bond acceptors (Lipinski definition) is 7. The average Bonchev–Trinajstić information content (AvgIpc) is 2.71. The summed E-state index contributed by atoms with van der Waals surface area (Å²) in [7, 11) is 0. The highest BCUT2D eigenvalue weighted by Crippen LogP contribution is 2.08. The molecular weight excluding hydrogens is 446 g/mol. The van der Waals surface area contributed by atoms with Crippen molar-refractivity contribution in [1.82, 2.24) is 21.3 Å². The quantitative estimate of drug-likeness (QED) is 0.148. The van der Waals surface area contributed by atoms with E-state index in [9.17, 15) is 29.1 Å². The molecule has 8 N–H and O–H groups in total. The summed E-state index contributed by atoms with van der Waals surface area (Å²) in [4.78, 5) is 60.7. The van der Waals surface area contributed by atoms with Crippen LogP contribution in [0.4, 0.5) is 0 Å². The van der Waals surface area contributed by atoms with E-state index in [2.05, 4.69) is 21.3 Å². The van der Waals surface area contributed by atoms with Crippen molar-refractivity contribution in [2.24, 2.45) is 23.5 Å². The molecule has 12 nitrogen and oxygen atoms in total. The molecule has 4 atom stereocenters. The zero-order valence-corrected chi connectivity index (χ0v) is 20.9. The molecule has 4 amide bonds. The maximum absolute atomic E-state index is 12.8. The van der Waals surface area contributed by atoms with Crippen molar-refractivity contribution in [3.8, 4) is 0 Å². The van der Waals surface area contributed by atoms with Crippen molar-refractivity contribution in [2.45, 2.75) is 78.6 Å². The number of carboxylic acid groups (broad SMARTS) is 1. The van der Waals surface area contributed by atoms with E-state index in [0.717, 1.165) is 0 Å². The first-order chi connectivity index (χ1) is 15.7. The number of carbonyl (C=O) groups excluding carboxylic acids is 4. The van der Waals surface area contributed by atoms with Gasteiger partial charge in [-0.15, -0.1) is 0 Å². The van der Waals surface area contributed by atoms with E-state index >= 15 is 0 Å². The highest BCUT2D eigenvalue weighted by atomic mass is 16.4. The van der Waals surface area contributed by atoms with E-state index in [0.29, 0.717) is 6.42 Å². The second kappa shape index (κ2) is 15.2. The summed E-state index contributed by atoms with van der Waals surface area (Å²) in [5.41, 5.74) is 5.89. The Kier molecular flexibility index (Phi) is 14.0. The van der Waals surface area contributed by atoms with Gasteiger partial charge in [0.2, 0.25) is 23.6 Å². The van der Waals surface area contributed by atoms with Crippen LogP contribution in [0, 0.1) is 17.8 Å². The molecule has 0 radical (unpaired) electrons. The molecule has 0 fully saturated rings. The van der Waals surface area contributed by atoms with Crippen LogP contribution >= 0.6 is 0 Å². The summed E-state index contributed by atoms with van der Waals surface area (Å²) >= 11 is 0. The highest BCUT2D eigenvalue weighted by Gasteiger charge is 2.29. The molecule has 0 aliphatic rings. The molecule has 0 bridgehead atoms. The van der Waals surface area contributed by atoms with Crippen LogP contribution in [0.3, 0.4) is 0 Å². The minimum atomic E-state index is -1.38. The normalized spacial score (nSPS) is 14.8. The van der Waals surface area contributed by atoms with Crippen molar-refractivity contribution in [3.05, 3.63) is 0 Å². The summed E-state index contributed by atoms with van der Waals surface area (Å²) in [5, 5.41) is 28.2. The number of nitrogens with one attached hydrogen (secondary N) is 4. The lowest BCUT2D eigenvalue weighted by Gasteiger charge is -2.25. The van der Waals surface area contributed by atoms with E-state index in [-0.39, 0.29) is 24.2 Å². The van der Waals surface area contributed by atoms with Crippen LogP contribution in [0.1, 0.15) is 54.4 Å². The number of hydrogen-bond donors (Lipinski definition) is 7. The predicted octanol–water partition coefficient (Wildman–Crippen LogP) is -1.29. The van der Waals surface area contributed by atoms with Gasteiger partial charge in [0.25, 0.3) is 0 Å². The molecule has 12 heteroatoms. The smallest absolute Gasteiger partial charge is 0.326 e. The molecule has 196 valence electrons. The summed E-state index contributed by atoms with van der Waals surface area (Å²) in [6.07, 6.45) is 0.713. The number of carboxylic acids is 1. The average molecular weight is 488 g/mol. The van der Waals surface area contributed by atoms with Gasteiger partial charge in [-0.2, -0.15) is 0 Å². The number of carbonyl (C=O) groups is 5. The minimum absolute atomic E-state index is 0.0330. The SMILES string of the molecule is CC(C)C[C@H](NC(=O)[C@@H](N)CC(C)C)C(=O)N[C@@H](CO)C(=O)NCC(=O)N[C@H](C(=O)O)C(C)C. The lowest BCUT2D eigenvalue weighted by molar-refractivity contribution is -0.143. The van der Waals surface area contributed by atoms with E-state index < -0.39 is 66.9 Å². The molecule has 0 heterocycles. The topological polar surface area (TPSA) is 200 Å². The summed E-state index contributed by atoms with van der Waals surface area (Å²) < 4.78 is 0. The van der Waals surface area contributed by atoms with Crippen molar-refractivity contribution in [3.63, 3.8) is 0 Å². The molecule has 0 rings (SSSR count). The van der Waals surface area contributed by atoms with Gasteiger partial charge in [-0.05, 0) is 30.6 Å². The van der Waals surface area contributed by atoms with E-state index in [1.54, 1.807) is 13.8 Å². The molecule has 0 aliphatic heterocycles. The van der Waals surface area contributed by atoms with Crippen molar-refractivity contribution in [1.29, 1.82) is 0 Å². The van der Waals surface area contributed by atoms with Gasteiger partial charge in [-0.25, -0.2) is 4.79 Å². The summed E-state index contributed by atoms with van der Waals surface area (Å²) in [6, 6.07) is -4.27. The van der Waals surface area contributed by atoms with Crippen molar-refractivity contribution in [2.75, 3.05) is 13.2 Å². The van der Waals surface area contributed by atoms with E-state index in [1.807, 2.05) is 27.7 Å². The lowest BCUT2D eigenvalue weighted by atomic mass is 10.0. The fourth-order valence-electron chi connectivity index (χ4n) is 3.09. The number of aliphatic hydroxyl groups is 1. The summed E-state index contributed by atoms with van der Waals surface area (Å²) in [5.74, 6) is -4.10. The van der Waals surface area contributed by atoms with Gasteiger partial charge >= 0.3 is 5.97 Å². The first-order valence-corrected chi connectivity index (χ1v) is 11.5. The zero-order chi connectivity index (χ0) is 26.6. The first-order valence-electron chi connectivity index (χ1n) is 11.5. The molecule has 0 aromatic rings. The van der Waals surface area contributed by atoms with Gasteiger partial charge in [0.15, 0.2) is 0 Å². The number of aliphatic carboxylic acids is 1. The van der Waals surface area contributed by atoms with Crippen LogP contribution < -0.4 is 27.0 Å². The fraction of sp³-hybridized carbons (Fsp3) is 0.773. The Hall–Kier alpha value is -2.73. The molecule has 0 aromatic carbocycles. The molecule has 34 heavy (non-hydrogen) atoms. The third-order valence-corrected chi connectivity index (χ3v) is 4.89. The Morgan fingerprint density at radius 3 is 1.74 bits per heavy atom. The zero-order valence-electron chi connectivity index (χ0n) is 20.9. The fourth-order valence-corrected chi connectivity index (χ4v) is 3.09. The summed E-state index contributed by atoms with van der Waals surface area (Å²) in [6.45, 7) is 9.50. The number of aliphatic hydroxyl groups excluding tert-OH is 1.